The predicted molar refractivity (Wildman–Crippen MR) is 108 cm³/mol. The topological polar surface area (TPSA) is 60.7 Å². The molecular formula is C17H14BrClN2O3S2. The van der Waals surface area contributed by atoms with Gasteiger partial charge in [-0.05, 0) is 37.3 Å². The molecule has 26 heavy (non-hydrogen) atoms. The van der Waals surface area contributed by atoms with Gasteiger partial charge in [0.05, 0.1) is 27.6 Å². The van der Waals surface area contributed by atoms with Crippen molar-refractivity contribution in [2.75, 3.05) is 6.61 Å². The molecule has 1 aromatic carbocycles. The van der Waals surface area contributed by atoms with E-state index < -0.39 is 0 Å². The van der Waals surface area contributed by atoms with E-state index in [9.17, 15) is 9.59 Å². The minimum absolute atomic E-state index is 0.00636. The molecule has 0 saturated carbocycles. The molecule has 136 valence electrons. The zero-order valence-corrected chi connectivity index (χ0v) is 17.7. The number of carbonyl (C=O) groups excluding carboxylic acids is 2. The van der Waals surface area contributed by atoms with E-state index in [1.54, 1.807) is 17.6 Å². The van der Waals surface area contributed by atoms with Crippen molar-refractivity contribution in [1.82, 2.24) is 4.57 Å². The Labute approximate surface area is 171 Å². The molecule has 0 aliphatic carbocycles. The molecule has 0 bridgehead atoms. The van der Waals surface area contributed by atoms with E-state index >= 15 is 0 Å². The van der Waals surface area contributed by atoms with Gasteiger partial charge in [0.15, 0.2) is 4.80 Å². The van der Waals surface area contributed by atoms with Gasteiger partial charge >= 0.3 is 5.97 Å². The van der Waals surface area contributed by atoms with Gasteiger partial charge in [0.25, 0.3) is 5.91 Å². The zero-order valence-electron chi connectivity index (χ0n) is 13.7. The van der Waals surface area contributed by atoms with Crippen LogP contribution >= 0.6 is 50.2 Å². The van der Waals surface area contributed by atoms with Gasteiger partial charge in [-0.3, -0.25) is 9.59 Å². The summed E-state index contributed by atoms with van der Waals surface area (Å²) < 4.78 is 9.23. The van der Waals surface area contributed by atoms with Crippen LogP contribution in [0.3, 0.4) is 0 Å². The van der Waals surface area contributed by atoms with Crippen LogP contribution in [0.4, 0.5) is 0 Å². The van der Waals surface area contributed by atoms with E-state index in [4.69, 9.17) is 16.3 Å². The smallest absolute Gasteiger partial charge is 0.326 e. The summed E-state index contributed by atoms with van der Waals surface area (Å²) in [4.78, 5) is 29.9. The van der Waals surface area contributed by atoms with E-state index in [2.05, 4.69) is 20.9 Å². The number of carbonyl (C=O) groups is 2. The molecule has 0 spiro atoms. The number of hydrogen-bond acceptors (Lipinski definition) is 5. The number of hydrogen-bond donors (Lipinski definition) is 0. The zero-order chi connectivity index (χ0) is 18.7. The summed E-state index contributed by atoms with van der Waals surface area (Å²) in [7, 11) is 0. The number of ether oxygens (including phenoxy) is 1. The Balaban J connectivity index is 1.99. The summed E-state index contributed by atoms with van der Waals surface area (Å²) in [6.07, 6.45) is 0.175. The Bertz CT molecular complexity index is 1040. The van der Waals surface area contributed by atoms with Crippen LogP contribution in [0, 0.1) is 0 Å². The average Bonchev–Trinajstić information content (AvgIpc) is 3.11. The van der Waals surface area contributed by atoms with E-state index in [0.29, 0.717) is 15.7 Å². The second kappa shape index (κ2) is 8.47. The summed E-state index contributed by atoms with van der Waals surface area (Å²) in [5.41, 5.74) is 0.831. The van der Waals surface area contributed by atoms with Crippen molar-refractivity contribution >= 4 is 72.3 Å². The highest BCUT2D eigenvalue weighted by Gasteiger charge is 2.13. The molecule has 0 fully saturated rings. The third-order valence-electron chi connectivity index (χ3n) is 3.41. The Morgan fingerprint density at radius 2 is 2.08 bits per heavy atom. The second-order valence-electron chi connectivity index (χ2n) is 5.28. The first-order valence-corrected chi connectivity index (χ1v) is 10.5. The Kier molecular flexibility index (Phi) is 6.29. The third kappa shape index (κ3) is 4.62. The number of fused-ring (bicyclic) bond motifs is 1. The first-order valence-electron chi connectivity index (χ1n) is 7.72. The van der Waals surface area contributed by atoms with Gasteiger partial charge in [-0.1, -0.05) is 38.9 Å². The van der Waals surface area contributed by atoms with Crippen LogP contribution in [0.1, 0.15) is 11.8 Å². The summed E-state index contributed by atoms with van der Waals surface area (Å²) in [6.45, 7) is 2.07. The summed E-state index contributed by atoms with van der Waals surface area (Å²) in [5.74, 6) is -0.652. The number of nitrogens with zero attached hydrogens (tertiary/aromatic N) is 2. The molecule has 5 nitrogen and oxygen atoms in total. The van der Waals surface area contributed by atoms with Crippen molar-refractivity contribution in [2.45, 2.75) is 19.9 Å². The van der Waals surface area contributed by atoms with Crippen LogP contribution in [0.2, 0.25) is 4.34 Å². The molecular weight excluding hydrogens is 460 g/mol. The fourth-order valence-electron chi connectivity index (χ4n) is 2.36. The molecule has 0 unspecified atom stereocenters. The molecule has 0 aliphatic heterocycles. The summed E-state index contributed by atoms with van der Waals surface area (Å²) in [5, 5.41) is 0. The lowest BCUT2D eigenvalue weighted by atomic mass is 10.3. The number of esters is 1. The van der Waals surface area contributed by atoms with E-state index in [1.807, 2.05) is 24.3 Å². The normalized spacial score (nSPS) is 11.9. The maximum absolute atomic E-state index is 12.4. The van der Waals surface area contributed by atoms with Crippen LogP contribution in [-0.2, 0) is 27.3 Å². The molecule has 0 radical (unpaired) electrons. The Hall–Kier alpha value is -1.48. The number of halogens is 2. The van der Waals surface area contributed by atoms with Gasteiger partial charge in [0.1, 0.15) is 6.54 Å². The lowest BCUT2D eigenvalue weighted by Crippen LogP contribution is -2.23. The lowest BCUT2D eigenvalue weighted by molar-refractivity contribution is -0.143. The molecule has 2 heterocycles. The van der Waals surface area contributed by atoms with Crippen molar-refractivity contribution in [1.29, 1.82) is 0 Å². The van der Waals surface area contributed by atoms with Crippen LogP contribution < -0.4 is 4.80 Å². The van der Waals surface area contributed by atoms with E-state index in [1.165, 1.54) is 22.7 Å². The van der Waals surface area contributed by atoms with Gasteiger partial charge in [0.2, 0.25) is 0 Å². The standard InChI is InChI=1S/C17H14BrClN2O3S2/c1-2-24-16(23)9-21-12-5-3-10(18)7-13(12)26-17(21)20-15(22)8-11-4-6-14(19)25-11/h3-7H,2,8-9H2,1H3. The van der Waals surface area contributed by atoms with Crippen molar-refractivity contribution in [3.05, 3.63) is 48.8 Å². The highest BCUT2D eigenvalue weighted by atomic mass is 79.9. The maximum Gasteiger partial charge on any atom is 0.326 e. The highest BCUT2D eigenvalue weighted by Crippen LogP contribution is 2.23. The van der Waals surface area contributed by atoms with Crippen molar-refractivity contribution in [3.8, 4) is 0 Å². The molecule has 3 rings (SSSR count). The number of aromatic nitrogens is 1. The van der Waals surface area contributed by atoms with Gasteiger partial charge in [0, 0.05) is 9.35 Å². The highest BCUT2D eigenvalue weighted by molar-refractivity contribution is 9.10. The van der Waals surface area contributed by atoms with Crippen LogP contribution in [0.5, 0.6) is 0 Å². The largest absolute Gasteiger partial charge is 0.465 e. The number of thiophene rings is 1. The summed E-state index contributed by atoms with van der Waals surface area (Å²) in [6, 6.07) is 9.28. The molecule has 0 N–H and O–H groups in total. The average molecular weight is 474 g/mol. The monoisotopic (exact) mass is 472 g/mol. The number of amides is 1. The molecule has 9 heteroatoms. The fraction of sp³-hybridized carbons (Fsp3) is 0.235. The molecule has 3 aromatic rings. The Morgan fingerprint density at radius 3 is 2.77 bits per heavy atom. The SMILES string of the molecule is CCOC(=O)Cn1c(=NC(=O)Cc2ccc(Cl)s2)sc2cc(Br)ccc21. The first-order chi connectivity index (χ1) is 12.5. The van der Waals surface area contributed by atoms with Crippen LogP contribution in [0.15, 0.2) is 39.8 Å². The first kappa shape index (κ1) is 19.3. The van der Waals surface area contributed by atoms with Gasteiger partial charge in [-0.15, -0.1) is 11.3 Å². The molecule has 1 amide bonds. The van der Waals surface area contributed by atoms with Crippen molar-refractivity contribution in [2.24, 2.45) is 4.99 Å². The fourth-order valence-corrected chi connectivity index (χ4v) is 5.04. The number of rotatable bonds is 5. The summed E-state index contributed by atoms with van der Waals surface area (Å²) >= 11 is 12.1. The second-order valence-corrected chi connectivity index (χ2v) is 9.00. The quantitative estimate of drug-likeness (QED) is 0.516. The molecule has 0 aliphatic rings. The minimum Gasteiger partial charge on any atom is -0.465 e. The Morgan fingerprint density at radius 1 is 1.27 bits per heavy atom. The predicted octanol–water partition coefficient (Wildman–Crippen LogP) is 4.41. The van der Waals surface area contributed by atoms with Crippen LogP contribution in [-0.4, -0.2) is 23.1 Å². The maximum atomic E-state index is 12.4. The third-order valence-corrected chi connectivity index (χ3v) is 6.18. The number of benzene rings is 1. The van der Waals surface area contributed by atoms with Gasteiger partial charge in [-0.25, -0.2) is 0 Å². The number of thiazole rings is 1. The minimum atomic E-state index is -0.367. The van der Waals surface area contributed by atoms with Gasteiger partial charge in [-0.2, -0.15) is 4.99 Å². The molecule has 0 atom stereocenters. The lowest BCUT2D eigenvalue weighted by Gasteiger charge is -2.05. The molecule has 0 saturated heterocycles. The van der Waals surface area contributed by atoms with E-state index in [0.717, 1.165) is 19.6 Å². The van der Waals surface area contributed by atoms with Crippen molar-refractivity contribution < 1.29 is 14.3 Å². The van der Waals surface area contributed by atoms with Gasteiger partial charge < -0.3 is 9.30 Å². The molecule has 2 aromatic heterocycles. The van der Waals surface area contributed by atoms with E-state index in [-0.39, 0.29) is 24.8 Å². The van der Waals surface area contributed by atoms with Crippen LogP contribution in [0.25, 0.3) is 10.2 Å². The van der Waals surface area contributed by atoms with Crippen molar-refractivity contribution in [3.63, 3.8) is 0 Å².